The molecule has 1 amide bonds. The summed E-state index contributed by atoms with van der Waals surface area (Å²) in [7, 11) is 0. The standard InChI is InChI=1S/C15H19Cl2NO2.C6H5Cl/c16-11-7-8-14(13(17)10-11)20-9-3-6-15(19)18-12-4-1-2-5-12;7-6-4-2-1-3-5-6/h7-8,10,12H,1-6,9H2,(H,18,19);1-5H. The van der Waals surface area contributed by atoms with Gasteiger partial charge in [0.2, 0.25) is 5.91 Å². The van der Waals surface area contributed by atoms with Crippen molar-refractivity contribution >= 4 is 40.7 Å². The zero-order valence-corrected chi connectivity index (χ0v) is 17.4. The van der Waals surface area contributed by atoms with Crippen molar-refractivity contribution in [3.63, 3.8) is 0 Å². The van der Waals surface area contributed by atoms with E-state index in [2.05, 4.69) is 5.32 Å². The largest absolute Gasteiger partial charge is 0.492 e. The number of rotatable bonds is 6. The number of carbonyl (C=O) groups excluding carboxylic acids is 1. The molecule has 27 heavy (non-hydrogen) atoms. The van der Waals surface area contributed by atoms with Crippen LogP contribution in [0, 0.1) is 0 Å². The van der Waals surface area contributed by atoms with Crippen LogP contribution in [0.4, 0.5) is 0 Å². The van der Waals surface area contributed by atoms with Crippen molar-refractivity contribution in [1.29, 1.82) is 0 Å². The average Bonchev–Trinajstić information content (AvgIpc) is 3.14. The Bertz CT molecular complexity index is 704. The summed E-state index contributed by atoms with van der Waals surface area (Å²) in [6, 6.07) is 14.9. The Labute approximate surface area is 176 Å². The number of ether oxygens (including phenoxy) is 1. The molecule has 0 aliphatic heterocycles. The molecule has 0 heterocycles. The Morgan fingerprint density at radius 3 is 2.30 bits per heavy atom. The van der Waals surface area contributed by atoms with Gasteiger partial charge in [-0.3, -0.25) is 4.79 Å². The van der Waals surface area contributed by atoms with Gasteiger partial charge < -0.3 is 10.1 Å². The summed E-state index contributed by atoms with van der Waals surface area (Å²) in [4.78, 5) is 11.7. The van der Waals surface area contributed by atoms with E-state index in [4.69, 9.17) is 39.5 Å². The van der Waals surface area contributed by atoms with Crippen LogP contribution in [-0.4, -0.2) is 18.6 Å². The van der Waals surface area contributed by atoms with Crippen molar-refractivity contribution in [3.8, 4) is 5.75 Å². The molecule has 1 fully saturated rings. The molecule has 0 unspecified atom stereocenters. The molecule has 3 rings (SSSR count). The second kappa shape index (κ2) is 12.1. The summed E-state index contributed by atoms with van der Waals surface area (Å²) in [5.41, 5.74) is 0. The third-order valence-electron chi connectivity index (χ3n) is 4.15. The third kappa shape index (κ3) is 8.87. The summed E-state index contributed by atoms with van der Waals surface area (Å²) in [6.45, 7) is 0.472. The monoisotopic (exact) mass is 427 g/mol. The molecule has 1 aliphatic rings. The van der Waals surface area contributed by atoms with Crippen LogP contribution in [0.5, 0.6) is 5.75 Å². The molecule has 1 aliphatic carbocycles. The molecule has 3 nitrogen and oxygen atoms in total. The lowest BCUT2D eigenvalue weighted by Gasteiger charge is -2.12. The highest BCUT2D eigenvalue weighted by Crippen LogP contribution is 2.27. The molecule has 2 aromatic rings. The Kier molecular flexibility index (Phi) is 9.82. The van der Waals surface area contributed by atoms with E-state index < -0.39 is 0 Å². The van der Waals surface area contributed by atoms with Crippen LogP contribution in [0.15, 0.2) is 48.5 Å². The topological polar surface area (TPSA) is 38.3 Å². The molecule has 0 radical (unpaired) electrons. The molecule has 0 saturated heterocycles. The second-order valence-corrected chi connectivity index (χ2v) is 7.65. The maximum absolute atomic E-state index is 11.7. The van der Waals surface area contributed by atoms with Crippen molar-refractivity contribution < 1.29 is 9.53 Å². The Balaban J connectivity index is 0.000000313. The molecule has 0 atom stereocenters. The minimum Gasteiger partial charge on any atom is -0.492 e. The Morgan fingerprint density at radius 1 is 1.00 bits per heavy atom. The molecule has 1 N–H and O–H groups in total. The van der Waals surface area contributed by atoms with Gasteiger partial charge in [0.25, 0.3) is 0 Å². The number of nitrogens with one attached hydrogen (secondary N) is 1. The second-order valence-electron chi connectivity index (χ2n) is 6.37. The molecule has 2 aromatic carbocycles. The molecular formula is C21H24Cl3NO2. The van der Waals surface area contributed by atoms with Crippen molar-refractivity contribution in [2.24, 2.45) is 0 Å². The lowest BCUT2D eigenvalue weighted by molar-refractivity contribution is -0.122. The predicted molar refractivity (Wildman–Crippen MR) is 113 cm³/mol. The van der Waals surface area contributed by atoms with E-state index in [0.29, 0.717) is 41.3 Å². The van der Waals surface area contributed by atoms with Gasteiger partial charge in [-0.25, -0.2) is 0 Å². The number of benzene rings is 2. The molecular weight excluding hydrogens is 405 g/mol. The van der Waals surface area contributed by atoms with Crippen molar-refractivity contribution in [2.75, 3.05) is 6.61 Å². The van der Waals surface area contributed by atoms with Crippen LogP contribution in [0.25, 0.3) is 0 Å². The van der Waals surface area contributed by atoms with Crippen molar-refractivity contribution in [2.45, 2.75) is 44.6 Å². The van der Waals surface area contributed by atoms with Crippen LogP contribution in [0.1, 0.15) is 38.5 Å². The van der Waals surface area contributed by atoms with Gasteiger partial charge in [-0.15, -0.1) is 0 Å². The van der Waals surface area contributed by atoms with Crippen LogP contribution in [0.3, 0.4) is 0 Å². The van der Waals surface area contributed by atoms with Gasteiger partial charge in [0.05, 0.1) is 11.6 Å². The maximum Gasteiger partial charge on any atom is 0.220 e. The van der Waals surface area contributed by atoms with Crippen molar-refractivity contribution in [3.05, 3.63) is 63.6 Å². The first kappa shape index (κ1) is 21.9. The normalized spacial score (nSPS) is 13.6. The Hall–Kier alpha value is -1.42. The number of carbonyl (C=O) groups is 1. The fraction of sp³-hybridized carbons (Fsp3) is 0.381. The molecule has 146 valence electrons. The van der Waals surface area contributed by atoms with E-state index in [1.807, 2.05) is 30.3 Å². The first-order valence-electron chi connectivity index (χ1n) is 9.12. The molecule has 0 spiro atoms. The molecule has 0 bridgehead atoms. The van der Waals surface area contributed by atoms with Gasteiger partial charge in [0.1, 0.15) is 5.75 Å². The zero-order chi connectivity index (χ0) is 19.5. The quantitative estimate of drug-likeness (QED) is 0.530. The van der Waals surface area contributed by atoms with Crippen molar-refractivity contribution in [1.82, 2.24) is 5.32 Å². The van der Waals surface area contributed by atoms with Crippen LogP contribution < -0.4 is 10.1 Å². The van der Waals surface area contributed by atoms with E-state index in [1.54, 1.807) is 18.2 Å². The predicted octanol–water partition coefficient (Wildman–Crippen LogP) is 6.55. The van der Waals surface area contributed by atoms with Gasteiger partial charge in [0, 0.05) is 22.5 Å². The highest BCUT2D eigenvalue weighted by Gasteiger charge is 2.16. The summed E-state index contributed by atoms with van der Waals surface area (Å²) in [5.74, 6) is 0.718. The summed E-state index contributed by atoms with van der Waals surface area (Å²) in [5, 5.41) is 4.93. The van der Waals surface area contributed by atoms with E-state index in [0.717, 1.165) is 17.9 Å². The summed E-state index contributed by atoms with van der Waals surface area (Å²) in [6.07, 6.45) is 5.84. The smallest absolute Gasteiger partial charge is 0.220 e. The highest BCUT2D eigenvalue weighted by molar-refractivity contribution is 6.35. The van der Waals surface area contributed by atoms with Gasteiger partial charge in [0.15, 0.2) is 0 Å². The minimum absolute atomic E-state index is 0.114. The SMILES string of the molecule is Clc1ccccc1.O=C(CCCOc1ccc(Cl)cc1Cl)NC1CCCC1. The van der Waals surface area contributed by atoms with E-state index >= 15 is 0 Å². The van der Waals surface area contributed by atoms with Gasteiger partial charge in [-0.2, -0.15) is 0 Å². The summed E-state index contributed by atoms with van der Waals surface area (Å²) < 4.78 is 5.54. The first-order chi connectivity index (χ1) is 13.0. The van der Waals surface area contributed by atoms with E-state index in [9.17, 15) is 4.79 Å². The number of hydrogen-bond acceptors (Lipinski definition) is 2. The van der Waals surface area contributed by atoms with Gasteiger partial charge >= 0.3 is 0 Å². The fourth-order valence-electron chi connectivity index (χ4n) is 2.79. The maximum atomic E-state index is 11.7. The zero-order valence-electron chi connectivity index (χ0n) is 15.1. The average molecular weight is 429 g/mol. The fourth-order valence-corrected chi connectivity index (χ4v) is 3.40. The molecule has 0 aromatic heterocycles. The molecule has 6 heteroatoms. The molecule has 1 saturated carbocycles. The minimum atomic E-state index is 0.114. The van der Waals surface area contributed by atoms with Gasteiger partial charge in [-0.05, 0) is 49.6 Å². The van der Waals surface area contributed by atoms with E-state index in [-0.39, 0.29) is 5.91 Å². The van der Waals surface area contributed by atoms with Crippen LogP contribution >= 0.6 is 34.8 Å². The van der Waals surface area contributed by atoms with E-state index in [1.165, 1.54) is 12.8 Å². The number of hydrogen-bond donors (Lipinski definition) is 1. The lowest BCUT2D eigenvalue weighted by atomic mass is 10.2. The third-order valence-corrected chi connectivity index (χ3v) is 4.94. The first-order valence-corrected chi connectivity index (χ1v) is 10.3. The Morgan fingerprint density at radius 2 is 1.70 bits per heavy atom. The van der Waals surface area contributed by atoms with Crippen LogP contribution in [-0.2, 0) is 4.79 Å². The number of amides is 1. The lowest BCUT2D eigenvalue weighted by Crippen LogP contribution is -2.32. The summed E-state index contributed by atoms with van der Waals surface area (Å²) >= 11 is 17.3. The number of halogens is 3. The van der Waals surface area contributed by atoms with Gasteiger partial charge in [-0.1, -0.05) is 65.8 Å². The highest BCUT2D eigenvalue weighted by atomic mass is 35.5. The van der Waals surface area contributed by atoms with Crippen LogP contribution in [0.2, 0.25) is 15.1 Å².